The Labute approximate surface area is 196 Å². The molecule has 29 heavy (non-hydrogen) atoms. The second-order valence-electron chi connectivity index (χ2n) is 7.30. The quantitative estimate of drug-likeness (QED) is 0.318. The van der Waals surface area contributed by atoms with Gasteiger partial charge in [0.25, 0.3) is 0 Å². The van der Waals surface area contributed by atoms with Gasteiger partial charge in [-0.2, -0.15) is 0 Å². The zero-order chi connectivity index (χ0) is 20.7. The van der Waals surface area contributed by atoms with Crippen LogP contribution in [0.25, 0.3) is 0 Å². The SMILES string of the molecule is CCC(C)NC(=NCC(=O)N(C)C)NC1CCN(c2cc(Cl)ccc2OC)C1.I. The number of halogens is 2. The highest BCUT2D eigenvalue weighted by molar-refractivity contribution is 14.0. The molecule has 0 radical (unpaired) electrons. The standard InChI is InChI=1S/C20H32ClN5O2.HI/c1-6-14(2)23-20(22-12-19(27)25(3)4)24-16-9-10-26(13-16)17-11-15(21)7-8-18(17)28-5;/h7-8,11,14,16H,6,9-10,12-13H2,1-5H3,(H2,22,23,24);1H. The molecular formula is C20H33ClIN5O2. The number of nitrogens with one attached hydrogen (secondary N) is 2. The van der Waals surface area contributed by atoms with Crippen molar-refractivity contribution >= 4 is 53.1 Å². The largest absolute Gasteiger partial charge is 0.495 e. The van der Waals surface area contributed by atoms with Crippen molar-refractivity contribution in [2.75, 3.05) is 45.7 Å². The number of hydrogen-bond acceptors (Lipinski definition) is 4. The molecule has 1 fully saturated rings. The third-order valence-corrected chi connectivity index (χ3v) is 5.11. The van der Waals surface area contributed by atoms with Crippen molar-refractivity contribution in [1.82, 2.24) is 15.5 Å². The molecule has 1 aliphatic heterocycles. The van der Waals surface area contributed by atoms with E-state index in [2.05, 4.69) is 34.4 Å². The summed E-state index contributed by atoms with van der Waals surface area (Å²) in [6.45, 7) is 6.03. The van der Waals surface area contributed by atoms with Crippen LogP contribution in [0.2, 0.25) is 5.02 Å². The third kappa shape index (κ3) is 7.73. The normalized spacial score (nSPS) is 17.4. The van der Waals surface area contributed by atoms with Crippen molar-refractivity contribution in [2.24, 2.45) is 4.99 Å². The molecule has 1 aromatic rings. The van der Waals surface area contributed by atoms with E-state index in [1.165, 1.54) is 0 Å². The summed E-state index contributed by atoms with van der Waals surface area (Å²) in [5, 5.41) is 7.55. The van der Waals surface area contributed by atoms with E-state index < -0.39 is 0 Å². The molecule has 1 heterocycles. The number of carbonyl (C=O) groups excluding carboxylic acids is 1. The van der Waals surface area contributed by atoms with Crippen molar-refractivity contribution in [2.45, 2.75) is 38.8 Å². The predicted octanol–water partition coefficient (Wildman–Crippen LogP) is 2.97. The number of guanidine groups is 1. The third-order valence-electron chi connectivity index (χ3n) is 4.88. The van der Waals surface area contributed by atoms with Crippen molar-refractivity contribution in [1.29, 1.82) is 0 Å². The van der Waals surface area contributed by atoms with Crippen LogP contribution in [0.15, 0.2) is 23.2 Å². The molecule has 0 aliphatic carbocycles. The minimum absolute atomic E-state index is 0. The van der Waals surface area contributed by atoms with E-state index in [1.54, 1.807) is 26.1 Å². The fourth-order valence-electron chi connectivity index (χ4n) is 2.96. The van der Waals surface area contributed by atoms with E-state index in [4.69, 9.17) is 16.3 Å². The smallest absolute Gasteiger partial charge is 0.243 e. The Balaban J connectivity index is 0.00000420. The van der Waals surface area contributed by atoms with Crippen LogP contribution in [-0.2, 0) is 4.79 Å². The Morgan fingerprint density at radius 2 is 2.17 bits per heavy atom. The number of methoxy groups -OCH3 is 1. The number of nitrogens with zero attached hydrogens (tertiary/aromatic N) is 3. The first-order valence-electron chi connectivity index (χ1n) is 9.70. The summed E-state index contributed by atoms with van der Waals surface area (Å²) < 4.78 is 5.48. The van der Waals surface area contributed by atoms with E-state index in [0.29, 0.717) is 11.0 Å². The zero-order valence-corrected chi connectivity index (χ0v) is 21.0. The summed E-state index contributed by atoms with van der Waals surface area (Å²) in [4.78, 5) is 20.2. The number of aliphatic imine (C=N–C) groups is 1. The Morgan fingerprint density at radius 1 is 1.45 bits per heavy atom. The molecule has 0 spiro atoms. The molecule has 2 N–H and O–H groups in total. The molecule has 0 saturated carbocycles. The average Bonchev–Trinajstić information content (AvgIpc) is 3.13. The zero-order valence-electron chi connectivity index (χ0n) is 17.9. The molecule has 2 atom stereocenters. The number of amides is 1. The highest BCUT2D eigenvalue weighted by Crippen LogP contribution is 2.33. The first-order chi connectivity index (χ1) is 13.3. The molecule has 1 aliphatic rings. The lowest BCUT2D eigenvalue weighted by Gasteiger charge is -2.23. The van der Waals surface area contributed by atoms with Crippen LogP contribution >= 0.6 is 35.6 Å². The van der Waals surface area contributed by atoms with Crippen LogP contribution in [0.5, 0.6) is 5.75 Å². The first-order valence-corrected chi connectivity index (χ1v) is 10.1. The van der Waals surface area contributed by atoms with E-state index in [9.17, 15) is 4.79 Å². The Morgan fingerprint density at radius 3 is 2.79 bits per heavy atom. The first kappa shape index (κ1) is 25.6. The molecule has 164 valence electrons. The minimum atomic E-state index is -0.0260. The number of anilines is 1. The maximum atomic E-state index is 11.9. The summed E-state index contributed by atoms with van der Waals surface area (Å²) in [5.74, 6) is 1.46. The van der Waals surface area contributed by atoms with Crippen LogP contribution in [0.1, 0.15) is 26.7 Å². The van der Waals surface area contributed by atoms with Crippen LogP contribution in [-0.4, -0.2) is 69.7 Å². The van der Waals surface area contributed by atoms with Crippen LogP contribution < -0.4 is 20.3 Å². The number of likely N-dealkylation sites (N-methyl/N-ethyl adjacent to an activating group) is 1. The topological polar surface area (TPSA) is 69.2 Å². The van der Waals surface area contributed by atoms with Gasteiger partial charge in [-0.25, -0.2) is 4.99 Å². The van der Waals surface area contributed by atoms with Gasteiger partial charge in [0.15, 0.2) is 5.96 Å². The molecule has 1 amide bonds. The average molecular weight is 538 g/mol. The van der Waals surface area contributed by atoms with Gasteiger partial charge in [0.05, 0.1) is 12.8 Å². The summed E-state index contributed by atoms with van der Waals surface area (Å²) >= 11 is 6.18. The lowest BCUT2D eigenvalue weighted by atomic mass is 10.2. The van der Waals surface area contributed by atoms with Gasteiger partial charge in [0, 0.05) is 44.3 Å². The van der Waals surface area contributed by atoms with E-state index in [0.717, 1.165) is 37.4 Å². The molecule has 0 aromatic heterocycles. The van der Waals surface area contributed by atoms with Gasteiger partial charge < -0.3 is 25.2 Å². The van der Waals surface area contributed by atoms with E-state index >= 15 is 0 Å². The van der Waals surface area contributed by atoms with Gasteiger partial charge >= 0.3 is 0 Å². The van der Waals surface area contributed by atoms with Gasteiger partial charge in [0.2, 0.25) is 5.91 Å². The molecule has 9 heteroatoms. The highest BCUT2D eigenvalue weighted by Gasteiger charge is 2.26. The maximum Gasteiger partial charge on any atom is 0.243 e. The van der Waals surface area contributed by atoms with Gasteiger partial charge in [-0.15, -0.1) is 24.0 Å². The van der Waals surface area contributed by atoms with Crippen molar-refractivity contribution in [3.05, 3.63) is 23.2 Å². The summed E-state index contributed by atoms with van der Waals surface area (Å²) in [6.07, 6.45) is 1.93. The Bertz CT molecular complexity index is 701. The second kappa shape index (κ2) is 12.3. The lowest BCUT2D eigenvalue weighted by molar-refractivity contribution is -0.127. The van der Waals surface area contributed by atoms with Crippen molar-refractivity contribution < 1.29 is 9.53 Å². The molecule has 7 nitrogen and oxygen atoms in total. The van der Waals surface area contributed by atoms with Gasteiger partial charge in [-0.1, -0.05) is 18.5 Å². The number of ether oxygens (including phenoxy) is 1. The minimum Gasteiger partial charge on any atom is -0.495 e. The maximum absolute atomic E-state index is 11.9. The Hall–Kier alpha value is -1.42. The van der Waals surface area contributed by atoms with Crippen LogP contribution in [0, 0.1) is 0 Å². The summed E-state index contributed by atoms with van der Waals surface area (Å²) in [5.41, 5.74) is 0.996. The van der Waals surface area contributed by atoms with E-state index in [1.807, 2.05) is 18.2 Å². The van der Waals surface area contributed by atoms with Gasteiger partial charge in [0.1, 0.15) is 12.3 Å². The molecular weight excluding hydrogens is 505 g/mol. The van der Waals surface area contributed by atoms with Crippen molar-refractivity contribution in [3.63, 3.8) is 0 Å². The highest BCUT2D eigenvalue weighted by atomic mass is 127. The molecule has 0 bridgehead atoms. The number of rotatable bonds is 7. The lowest BCUT2D eigenvalue weighted by Crippen LogP contribution is -2.48. The van der Waals surface area contributed by atoms with Gasteiger partial charge in [-0.3, -0.25) is 4.79 Å². The Kier molecular flexibility index (Phi) is 10.9. The molecule has 1 saturated heterocycles. The summed E-state index contributed by atoms with van der Waals surface area (Å²) in [6, 6.07) is 6.14. The molecule has 1 aromatic carbocycles. The van der Waals surface area contributed by atoms with Crippen molar-refractivity contribution in [3.8, 4) is 5.75 Å². The summed E-state index contributed by atoms with van der Waals surface area (Å²) in [7, 11) is 5.14. The number of benzene rings is 1. The second-order valence-corrected chi connectivity index (χ2v) is 7.74. The fourth-order valence-corrected chi connectivity index (χ4v) is 3.12. The molecule has 2 rings (SSSR count). The van der Waals surface area contributed by atoms with E-state index in [-0.39, 0.29) is 48.5 Å². The number of hydrogen-bond donors (Lipinski definition) is 2. The predicted molar refractivity (Wildman–Crippen MR) is 131 cm³/mol. The fraction of sp³-hybridized carbons (Fsp3) is 0.600. The van der Waals surface area contributed by atoms with Crippen LogP contribution in [0.4, 0.5) is 5.69 Å². The van der Waals surface area contributed by atoms with Crippen LogP contribution in [0.3, 0.4) is 0 Å². The van der Waals surface area contributed by atoms with Gasteiger partial charge in [-0.05, 0) is 38.0 Å². The number of carbonyl (C=O) groups is 1. The monoisotopic (exact) mass is 537 g/mol. The molecule has 2 unspecified atom stereocenters.